The minimum absolute atomic E-state index is 0.242. The van der Waals surface area contributed by atoms with E-state index in [-0.39, 0.29) is 11.5 Å². The van der Waals surface area contributed by atoms with E-state index >= 15 is 0 Å². The molecule has 0 rings (SSSR count). The Morgan fingerprint density at radius 2 is 1.00 bits per heavy atom. The molecule has 0 aliphatic heterocycles. The van der Waals surface area contributed by atoms with Crippen LogP contribution in [0.5, 0.6) is 0 Å². The van der Waals surface area contributed by atoms with Crippen LogP contribution in [-0.2, 0) is 20.2 Å². The smallest absolute Gasteiger partial charge is 0.0954 e. The highest BCUT2D eigenvalue weighted by Crippen LogP contribution is 2.07. The molecule has 0 aliphatic carbocycles. The van der Waals surface area contributed by atoms with Crippen LogP contribution >= 0.6 is 23.5 Å². The van der Waals surface area contributed by atoms with Crippen LogP contribution < -0.4 is 0 Å². The van der Waals surface area contributed by atoms with Gasteiger partial charge in [-0.25, -0.2) is 16.8 Å². The summed E-state index contributed by atoms with van der Waals surface area (Å²) in [5.41, 5.74) is 0. The minimum atomic E-state index is -4.14. The molecule has 0 spiro atoms. The van der Waals surface area contributed by atoms with Gasteiger partial charge in [-0.15, -0.1) is 0 Å². The van der Waals surface area contributed by atoms with Gasteiger partial charge in [-0.3, -0.25) is 0 Å². The van der Waals surface area contributed by atoms with Gasteiger partial charge in [-0.2, -0.15) is 23.5 Å². The van der Waals surface area contributed by atoms with E-state index in [9.17, 15) is 25.9 Å². The van der Waals surface area contributed by atoms with E-state index in [1.165, 1.54) is 23.5 Å². The molecule has 0 saturated carbocycles. The Hall–Kier alpha value is 0.520. The van der Waals surface area contributed by atoms with Crippen molar-refractivity contribution in [3.63, 3.8) is 0 Å². The zero-order valence-corrected chi connectivity index (χ0v) is 11.6. The summed E-state index contributed by atoms with van der Waals surface area (Å²) >= 11 is 2.62. The van der Waals surface area contributed by atoms with Crippen LogP contribution in [0.1, 0.15) is 0 Å². The molecule has 16 heavy (non-hydrogen) atoms. The normalized spacial score (nSPS) is 12.9. The van der Waals surface area contributed by atoms with Crippen LogP contribution in [0.4, 0.5) is 0 Å². The molecular formula is C6H12O6S4-2. The molecule has 0 N–H and O–H groups in total. The fourth-order valence-corrected chi connectivity index (χ4v) is 4.57. The summed E-state index contributed by atoms with van der Waals surface area (Å²) in [6, 6.07) is 0. The summed E-state index contributed by atoms with van der Waals surface area (Å²) in [4.78, 5) is 0. The van der Waals surface area contributed by atoms with Gasteiger partial charge in [0.1, 0.15) is 0 Å². The second-order valence-electron chi connectivity index (χ2n) is 2.75. The van der Waals surface area contributed by atoms with Gasteiger partial charge >= 0.3 is 0 Å². The Balaban J connectivity index is 3.29. The van der Waals surface area contributed by atoms with Gasteiger partial charge < -0.3 is 9.11 Å². The zero-order chi connectivity index (χ0) is 12.7. The highest BCUT2D eigenvalue weighted by Gasteiger charge is 1.98. The van der Waals surface area contributed by atoms with Crippen molar-refractivity contribution in [1.82, 2.24) is 0 Å². The van der Waals surface area contributed by atoms with Crippen molar-refractivity contribution < 1.29 is 25.9 Å². The molecule has 0 bridgehead atoms. The molecule has 0 heterocycles. The molecule has 6 nitrogen and oxygen atoms in total. The molecule has 0 atom stereocenters. The quantitative estimate of drug-likeness (QED) is 0.415. The Morgan fingerprint density at radius 1 is 0.688 bits per heavy atom. The van der Waals surface area contributed by atoms with Crippen LogP contribution in [0.2, 0.25) is 0 Å². The molecule has 0 aliphatic rings. The number of hydrogen-bond acceptors (Lipinski definition) is 8. The van der Waals surface area contributed by atoms with Crippen LogP contribution in [0.3, 0.4) is 0 Å². The predicted molar refractivity (Wildman–Crippen MR) is 63.8 cm³/mol. The lowest BCUT2D eigenvalue weighted by molar-refractivity contribution is 0.462. The second-order valence-corrected chi connectivity index (χ2v) is 8.25. The molecule has 0 aromatic heterocycles. The molecule has 0 aromatic rings. The topological polar surface area (TPSA) is 114 Å². The molecule has 0 amide bonds. The van der Waals surface area contributed by atoms with E-state index in [0.717, 1.165) is 0 Å². The van der Waals surface area contributed by atoms with Gasteiger partial charge in [0, 0.05) is 34.5 Å². The van der Waals surface area contributed by atoms with Crippen LogP contribution in [0, 0.1) is 0 Å². The van der Waals surface area contributed by atoms with Crippen molar-refractivity contribution >= 4 is 43.8 Å². The van der Waals surface area contributed by atoms with E-state index < -0.39 is 31.7 Å². The lowest BCUT2D eigenvalue weighted by atomic mass is 10.9. The Bertz CT molecular complexity index is 334. The Morgan fingerprint density at radius 3 is 1.25 bits per heavy atom. The molecule has 10 heteroatoms. The molecule has 0 fully saturated rings. The van der Waals surface area contributed by atoms with E-state index in [1.54, 1.807) is 0 Å². The third-order valence-electron chi connectivity index (χ3n) is 1.33. The average Bonchev–Trinajstić information content (AvgIpc) is 2.06. The summed E-state index contributed by atoms with van der Waals surface area (Å²) in [6.07, 6.45) is 0. The number of thioether (sulfide) groups is 2. The average molecular weight is 308 g/mol. The summed E-state index contributed by atoms with van der Waals surface area (Å²) in [7, 11) is -8.28. The minimum Gasteiger partial charge on any atom is -0.748 e. The second kappa shape index (κ2) is 7.77. The van der Waals surface area contributed by atoms with Gasteiger partial charge in [0.25, 0.3) is 0 Å². The molecule has 0 saturated heterocycles. The van der Waals surface area contributed by atoms with Crippen LogP contribution in [0.25, 0.3) is 0 Å². The first kappa shape index (κ1) is 16.5. The Labute approximate surface area is 104 Å². The lowest BCUT2D eigenvalue weighted by Gasteiger charge is -2.07. The van der Waals surface area contributed by atoms with Crippen molar-refractivity contribution in [2.24, 2.45) is 0 Å². The highest BCUT2D eigenvalue weighted by molar-refractivity contribution is 8.03. The van der Waals surface area contributed by atoms with Crippen molar-refractivity contribution in [3.8, 4) is 0 Å². The summed E-state index contributed by atoms with van der Waals surface area (Å²) in [5, 5.41) is 0. The van der Waals surface area contributed by atoms with E-state index in [4.69, 9.17) is 0 Å². The first-order valence-electron chi connectivity index (χ1n) is 4.23. The maximum Gasteiger partial charge on any atom is 0.0954 e. The van der Waals surface area contributed by atoms with E-state index in [2.05, 4.69) is 0 Å². The van der Waals surface area contributed by atoms with Crippen molar-refractivity contribution in [1.29, 1.82) is 0 Å². The monoisotopic (exact) mass is 308 g/mol. The van der Waals surface area contributed by atoms with E-state index in [0.29, 0.717) is 11.5 Å². The standard InChI is InChI=1S/C6H14O6S4/c7-15(8,9)5-3-13-1-2-14-4-6-16(10,11)12/h1-6H2,(H,7,8,9)(H,10,11,12)/p-2. The van der Waals surface area contributed by atoms with Crippen molar-refractivity contribution in [2.75, 3.05) is 34.5 Å². The molecular weight excluding hydrogens is 296 g/mol. The van der Waals surface area contributed by atoms with Gasteiger partial charge in [0.2, 0.25) is 0 Å². The van der Waals surface area contributed by atoms with Crippen molar-refractivity contribution in [3.05, 3.63) is 0 Å². The van der Waals surface area contributed by atoms with Crippen molar-refractivity contribution in [2.45, 2.75) is 0 Å². The fourth-order valence-electron chi connectivity index (χ4n) is 0.644. The van der Waals surface area contributed by atoms with Gasteiger partial charge in [-0.1, -0.05) is 0 Å². The molecule has 0 radical (unpaired) electrons. The highest BCUT2D eigenvalue weighted by atomic mass is 32.2. The third-order valence-corrected chi connectivity index (χ3v) is 5.48. The van der Waals surface area contributed by atoms with Gasteiger partial charge in [0.15, 0.2) is 0 Å². The first-order chi connectivity index (χ1) is 7.21. The van der Waals surface area contributed by atoms with Gasteiger partial charge in [-0.05, 0) is 0 Å². The SMILES string of the molecule is O=S(=O)([O-])CCSCCSCCS(=O)(=O)[O-]. The number of rotatable bonds is 9. The van der Waals surface area contributed by atoms with Gasteiger partial charge in [0.05, 0.1) is 20.2 Å². The zero-order valence-electron chi connectivity index (χ0n) is 8.33. The number of hydrogen-bond donors (Lipinski definition) is 0. The van der Waals surface area contributed by atoms with E-state index in [1.807, 2.05) is 0 Å². The summed E-state index contributed by atoms with van der Waals surface area (Å²) in [6.45, 7) is 0. The lowest BCUT2D eigenvalue weighted by Crippen LogP contribution is -2.08. The van der Waals surface area contributed by atoms with Crippen LogP contribution in [-0.4, -0.2) is 60.5 Å². The summed E-state index contributed by atoms with van der Waals surface area (Å²) in [5.74, 6) is 0.950. The third kappa shape index (κ3) is 14.5. The van der Waals surface area contributed by atoms with Crippen LogP contribution in [0.15, 0.2) is 0 Å². The predicted octanol–water partition coefficient (Wildman–Crippen LogP) is -0.457. The molecule has 0 unspecified atom stereocenters. The largest absolute Gasteiger partial charge is 0.748 e. The molecule has 0 aromatic carbocycles. The maximum absolute atomic E-state index is 10.2. The molecule has 98 valence electrons. The first-order valence-corrected chi connectivity index (χ1v) is 9.70. The maximum atomic E-state index is 10.2. The summed E-state index contributed by atoms with van der Waals surface area (Å²) < 4.78 is 61.2. The Kier molecular flexibility index (Phi) is 8.02. The fraction of sp³-hybridized carbons (Fsp3) is 1.00.